The second-order valence-corrected chi connectivity index (χ2v) is 6.78. The van der Waals surface area contributed by atoms with Gasteiger partial charge in [-0.15, -0.1) is 0 Å². The summed E-state index contributed by atoms with van der Waals surface area (Å²) in [5, 5.41) is 8.34. The average molecular weight is 369 g/mol. The monoisotopic (exact) mass is 369 g/mol. The van der Waals surface area contributed by atoms with E-state index >= 15 is 0 Å². The van der Waals surface area contributed by atoms with Gasteiger partial charge < -0.3 is 20.7 Å². The van der Waals surface area contributed by atoms with Crippen LogP contribution in [-0.2, 0) is 11.3 Å². The normalized spacial score (nSPS) is 10.4. The Labute approximate surface area is 160 Å². The van der Waals surface area contributed by atoms with E-state index in [4.69, 9.17) is 4.74 Å². The fraction of sp³-hybridized carbons (Fsp3) is 0.333. The second-order valence-electron chi connectivity index (χ2n) is 6.78. The Balaban J connectivity index is 1.78. The van der Waals surface area contributed by atoms with Crippen LogP contribution in [-0.4, -0.2) is 24.6 Å². The van der Waals surface area contributed by atoms with Gasteiger partial charge in [0, 0.05) is 18.3 Å². The Kier molecular flexibility index (Phi) is 7.23. The molecule has 3 N–H and O–H groups in total. The zero-order chi connectivity index (χ0) is 19.8. The van der Waals surface area contributed by atoms with Gasteiger partial charge in [-0.3, -0.25) is 4.79 Å². The molecule has 0 aliphatic carbocycles. The van der Waals surface area contributed by atoms with Crippen molar-refractivity contribution in [1.82, 2.24) is 10.6 Å². The van der Waals surface area contributed by atoms with E-state index in [0.29, 0.717) is 12.2 Å². The smallest absolute Gasteiger partial charge is 0.319 e. The van der Waals surface area contributed by atoms with Crippen molar-refractivity contribution in [3.05, 3.63) is 59.2 Å². The number of carbonyl (C=O) groups is 2. The summed E-state index contributed by atoms with van der Waals surface area (Å²) in [6.07, 6.45) is 0. The molecule has 2 aromatic carbocycles. The van der Waals surface area contributed by atoms with Crippen LogP contribution in [0.5, 0.6) is 5.75 Å². The first-order chi connectivity index (χ1) is 12.8. The van der Waals surface area contributed by atoms with Crippen LogP contribution in [0.3, 0.4) is 0 Å². The maximum absolute atomic E-state index is 12.0. The van der Waals surface area contributed by atoms with Crippen LogP contribution in [0.4, 0.5) is 10.5 Å². The lowest BCUT2D eigenvalue weighted by atomic mass is 10.1. The predicted molar refractivity (Wildman–Crippen MR) is 107 cm³/mol. The molecule has 0 aromatic heterocycles. The number of anilines is 1. The lowest BCUT2D eigenvalue weighted by Gasteiger charge is -2.11. The van der Waals surface area contributed by atoms with Crippen molar-refractivity contribution < 1.29 is 14.3 Å². The van der Waals surface area contributed by atoms with Crippen LogP contribution in [0, 0.1) is 13.8 Å². The van der Waals surface area contributed by atoms with Crippen molar-refractivity contribution in [2.75, 3.05) is 11.9 Å². The van der Waals surface area contributed by atoms with Crippen molar-refractivity contribution >= 4 is 17.6 Å². The summed E-state index contributed by atoms with van der Waals surface area (Å²) in [6.45, 7) is 8.10. The minimum atomic E-state index is -0.241. The van der Waals surface area contributed by atoms with E-state index in [1.54, 1.807) is 12.1 Å². The number of nitrogens with one attached hydrogen (secondary N) is 3. The van der Waals surface area contributed by atoms with Gasteiger partial charge >= 0.3 is 6.03 Å². The molecule has 0 spiro atoms. The summed E-state index contributed by atoms with van der Waals surface area (Å²) < 4.78 is 5.60. The van der Waals surface area contributed by atoms with Crippen LogP contribution >= 0.6 is 0 Å². The fourth-order valence-corrected chi connectivity index (χ4v) is 2.39. The highest BCUT2D eigenvalue weighted by molar-refractivity contribution is 5.89. The van der Waals surface area contributed by atoms with E-state index in [0.717, 1.165) is 22.4 Å². The van der Waals surface area contributed by atoms with Gasteiger partial charge in [0.05, 0.1) is 0 Å². The number of hydrogen-bond acceptors (Lipinski definition) is 3. The van der Waals surface area contributed by atoms with E-state index in [-0.39, 0.29) is 24.6 Å². The first-order valence-electron chi connectivity index (χ1n) is 8.96. The molecule has 27 heavy (non-hydrogen) atoms. The van der Waals surface area contributed by atoms with E-state index in [9.17, 15) is 9.59 Å². The first kappa shape index (κ1) is 20.3. The highest BCUT2D eigenvalue weighted by atomic mass is 16.5. The molecule has 0 aliphatic rings. The van der Waals surface area contributed by atoms with E-state index in [2.05, 4.69) is 16.0 Å². The largest absolute Gasteiger partial charge is 0.483 e. The van der Waals surface area contributed by atoms with Crippen molar-refractivity contribution in [2.24, 2.45) is 0 Å². The number of benzene rings is 2. The van der Waals surface area contributed by atoms with Crippen LogP contribution in [0.25, 0.3) is 0 Å². The van der Waals surface area contributed by atoms with Gasteiger partial charge in [-0.25, -0.2) is 4.79 Å². The third-order valence-corrected chi connectivity index (χ3v) is 3.82. The number of carbonyl (C=O) groups excluding carboxylic acids is 2. The molecule has 0 heterocycles. The lowest BCUT2D eigenvalue weighted by Crippen LogP contribution is -2.34. The quantitative estimate of drug-likeness (QED) is 0.698. The molecular formula is C21H27N3O3. The number of urea groups is 1. The Morgan fingerprint density at radius 2 is 1.74 bits per heavy atom. The molecule has 0 saturated heterocycles. The van der Waals surface area contributed by atoms with Gasteiger partial charge in [0.15, 0.2) is 6.61 Å². The van der Waals surface area contributed by atoms with Crippen LogP contribution in [0.1, 0.15) is 30.5 Å². The average Bonchev–Trinajstić information content (AvgIpc) is 2.61. The third-order valence-electron chi connectivity index (χ3n) is 3.82. The Morgan fingerprint density at radius 1 is 1.04 bits per heavy atom. The summed E-state index contributed by atoms with van der Waals surface area (Å²) in [5.74, 6) is 0.537. The summed E-state index contributed by atoms with van der Waals surface area (Å²) in [7, 11) is 0. The molecule has 2 rings (SSSR count). The Morgan fingerprint density at radius 3 is 2.41 bits per heavy atom. The standard InChI is InChI=1S/C21H27N3O3/c1-14(2)23-21(26)24-18-9-7-17(8-10-18)12-22-20(25)13-27-19-11-15(3)5-6-16(19)4/h5-11,14H,12-13H2,1-4H3,(H,22,25)(H2,23,24,26). The summed E-state index contributed by atoms with van der Waals surface area (Å²) in [4.78, 5) is 23.7. The second kappa shape index (κ2) is 9.62. The van der Waals surface area contributed by atoms with Crippen LogP contribution in [0.15, 0.2) is 42.5 Å². The number of hydrogen-bond donors (Lipinski definition) is 3. The lowest BCUT2D eigenvalue weighted by molar-refractivity contribution is -0.123. The van der Waals surface area contributed by atoms with E-state index in [1.807, 2.05) is 58.0 Å². The Bertz CT molecular complexity index is 786. The third kappa shape index (κ3) is 7.01. The fourth-order valence-electron chi connectivity index (χ4n) is 2.39. The molecular weight excluding hydrogens is 342 g/mol. The summed E-state index contributed by atoms with van der Waals surface area (Å²) in [5.41, 5.74) is 3.72. The van der Waals surface area contributed by atoms with Crippen molar-refractivity contribution in [3.8, 4) is 5.75 Å². The van der Waals surface area contributed by atoms with E-state index in [1.165, 1.54) is 0 Å². The highest BCUT2D eigenvalue weighted by Gasteiger charge is 2.06. The summed E-state index contributed by atoms with van der Waals surface area (Å²) in [6, 6.07) is 13.0. The molecule has 2 aromatic rings. The molecule has 3 amide bonds. The van der Waals surface area contributed by atoms with Crippen molar-refractivity contribution in [3.63, 3.8) is 0 Å². The molecule has 0 unspecified atom stereocenters. The Hall–Kier alpha value is -3.02. The minimum absolute atomic E-state index is 0.0285. The number of aryl methyl sites for hydroxylation is 2. The molecule has 6 heteroatoms. The SMILES string of the molecule is Cc1ccc(C)c(OCC(=O)NCc2ccc(NC(=O)NC(C)C)cc2)c1. The molecule has 0 fully saturated rings. The van der Waals surface area contributed by atoms with E-state index < -0.39 is 0 Å². The van der Waals surface area contributed by atoms with Gasteiger partial charge in [0.2, 0.25) is 0 Å². The van der Waals surface area contributed by atoms with Gasteiger partial charge in [-0.05, 0) is 62.6 Å². The summed E-state index contributed by atoms with van der Waals surface area (Å²) >= 11 is 0. The maximum atomic E-state index is 12.0. The van der Waals surface area contributed by atoms with Gasteiger partial charge in [0.25, 0.3) is 5.91 Å². The number of rotatable bonds is 7. The topological polar surface area (TPSA) is 79.5 Å². The zero-order valence-corrected chi connectivity index (χ0v) is 16.3. The van der Waals surface area contributed by atoms with Crippen molar-refractivity contribution in [2.45, 2.75) is 40.3 Å². The molecule has 0 bridgehead atoms. The number of ether oxygens (including phenoxy) is 1. The highest BCUT2D eigenvalue weighted by Crippen LogP contribution is 2.18. The van der Waals surface area contributed by atoms with Gasteiger partial charge in [-0.2, -0.15) is 0 Å². The van der Waals surface area contributed by atoms with Gasteiger partial charge in [-0.1, -0.05) is 24.3 Å². The molecule has 144 valence electrons. The molecule has 0 radical (unpaired) electrons. The first-order valence-corrected chi connectivity index (χ1v) is 8.96. The number of amides is 3. The van der Waals surface area contributed by atoms with Crippen LogP contribution < -0.4 is 20.7 Å². The van der Waals surface area contributed by atoms with Crippen LogP contribution in [0.2, 0.25) is 0 Å². The predicted octanol–water partition coefficient (Wildman–Crippen LogP) is 3.53. The molecule has 0 aliphatic heterocycles. The molecule has 0 atom stereocenters. The minimum Gasteiger partial charge on any atom is -0.483 e. The van der Waals surface area contributed by atoms with Gasteiger partial charge in [0.1, 0.15) is 5.75 Å². The molecule has 0 saturated carbocycles. The van der Waals surface area contributed by atoms with Crippen molar-refractivity contribution in [1.29, 1.82) is 0 Å². The zero-order valence-electron chi connectivity index (χ0n) is 16.3. The maximum Gasteiger partial charge on any atom is 0.319 e. The molecule has 6 nitrogen and oxygen atoms in total.